The van der Waals surface area contributed by atoms with Crippen LogP contribution in [0.3, 0.4) is 0 Å². The maximum atomic E-state index is 10.5. The summed E-state index contributed by atoms with van der Waals surface area (Å²) < 4.78 is 0. The summed E-state index contributed by atoms with van der Waals surface area (Å²) in [6.07, 6.45) is 2.04. The molecule has 1 aromatic heterocycles. The Kier molecular flexibility index (Phi) is 4.15. The van der Waals surface area contributed by atoms with Crippen molar-refractivity contribution in [3.63, 3.8) is 0 Å². The van der Waals surface area contributed by atoms with Gasteiger partial charge >= 0.3 is 5.97 Å². The fourth-order valence-electron chi connectivity index (χ4n) is 2.25. The number of hydrogen-bond acceptors (Lipinski definition) is 4. The first-order chi connectivity index (χ1) is 8.66. The quantitative estimate of drug-likeness (QED) is 0.862. The highest BCUT2D eigenvalue weighted by Gasteiger charge is 2.19. The van der Waals surface area contributed by atoms with Crippen LogP contribution in [0, 0.1) is 6.92 Å². The highest BCUT2D eigenvalue weighted by molar-refractivity contribution is 5.66. The molecule has 0 unspecified atom stereocenters. The summed E-state index contributed by atoms with van der Waals surface area (Å²) in [4.78, 5) is 19.4. The average Bonchev–Trinajstić information content (AvgIpc) is 2.38. The van der Waals surface area contributed by atoms with Crippen molar-refractivity contribution in [1.82, 2.24) is 9.88 Å². The van der Waals surface area contributed by atoms with Crippen LogP contribution in [0.1, 0.15) is 12.0 Å². The van der Waals surface area contributed by atoms with Gasteiger partial charge in [-0.2, -0.15) is 0 Å². The van der Waals surface area contributed by atoms with Gasteiger partial charge in [0.15, 0.2) is 0 Å². The molecule has 0 amide bonds. The van der Waals surface area contributed by atoms with E-state index in [0.717, 1.165) is 32.0 Å². The smallest absolute Gasteiger partial charge is 0.304 e. The third-order valence-corrected chi connectivity index (χ3v) is 3.30. The van der Waals surface area contributed by atoms with Crippen molar-refractivity contribution in [1.29, 1.82) is 0 Å². The molecule has 0 aromatic carbocycles. The first kappa shape index (κ1) is 12.8. The summed E-state index contributed by atoms with van der Waals surface area (Å²) in [5.41, 5.74) is 1.19. The summed E-state index contributed by atoms with van der Waals surface area (Å²) >= 11 is 0. The van der Waals surface area contributed by atoms with Gasteiger partial charge in [-0.15, -0.1) is 0 Å². The van der Waals surface area contributed by atoms with Crippen LogP contribution in [0.2, 0.25) is 0 Å². The molecule has 2 rings (SSSR count). The minimum absolute atomic E-state index is 0.225. The zero-order chi connectivity index (χ0) is 13.0. The summed E-state index contributed by atoms with van der Waals surface area (Å²) in [6, 6.07) is 4.01. The van der Waals surface area contributed by atoms with Gasteiger partial charge in [-0.25, -0.2) is 4.98 Å². The van der Waals surface area contributed by atoms with E-state index in [0.29, 0.717) is 6.54 Å². The molecule has 1 aliphatic rings. The van der Waals surface area contributed by atoms with E-state index in [1.165, 1.54) is 5.56 Å². The molecule has 98 valence electrons. The molecule has 2 heterocycles. The van der Waals surface area contributed by atoms with E-state index in [4.69, 9.17) is 5.11 Å². The summed E-state index contributed by atoms with van der Waals surface area (Å²) in [5.74, 6) is 0.327. The monoisotopic (exact) mass is 249 g/mol. The Balaban J connectivity index is 1.87. The van der Waals surface area contributed by atoms with Gasteiger partial charge in [-0.3, -0.25) is 9.69 Å². The van der Waals surface area contributed by atoms with Crippen LogP contribution in [0.15, 0.2) is 18.3 Å². The second-order valence-electron chi connectivity index (χ2n) is 4.62. The lowest BCUT2D eigenvalue weighted by molar-refractivity contribution is -0.137. The van der Waals surface area contributed by atoms with E-state index >= 15 is 0 Å². The molecule has 0 atom stereocenters. The van der Waals surface area contributed by atoms with Gasteiger partial charge in [0, 0.05) is 38.9 Å². The largest absolute Gasteiger partial charge is 0.481 e. The summed E-state index contributed by atoms with van der Waals surface area (Å²) in [7, 11) is 0. The first-order valence-electron chi connectivity index (χ1n) is 6.27. The number of aromatic nitrogens is 1. The van der Waals surface area contributed by atoms with Gasteiger partial charge in [-0.1, -0.05) is 6.07 Å². The van der Waals surface area contributed by atoms with E-state index in [9.17, 15) is 4.79 Å². The molecule has 5 heteroatoms. The van der Waals surface area contributed by atoms with Gasteiger partial charge < -0.3 is 10.0 Å². The third-order valence-electron chi connectivity index (χ3n) is 3.30. The Morgan fingerprint density at radius 3 is 2.72 bits per heavy atom. The molecule has 0 aliphatic carbocycles. The van der Waals surface area contributed by atoms with Crippen molar-refractivity contribution in [3.8, 4) is 0 Å². The Labute approximate surface area is 107 Å². The Morgan fingerprint density at radius 2 is 2.11 bits per heavy atom. The zero-order valence-electron chi connectivity index (χ0n) is 10.7. The van der Waals surface area contributed by atoms with E-state index in [1.807, 2.05) is 12.3 Å². The minimum atomic E-state index is -0.724. The summed E-state index contributed by atoms with van der Waals surface area (Å²) in [5, 5.41) is 8.66. The van der Waals surface area contributed by atoms with Crippen LogP contribution in [0.25, 0.3) is 0 Å². The van der Waals surface area contributed by atoms with Crippen LogP contribution >= 0.6 is 0 Å². The van der Waals surface area contributed by atoms with Crippen molar-refractivity contribution in [2.45, 2.75) is 13.3 Å². The molecule has 1 aromatic rings. The lowest BCUT2D eigenvalue weighted by atomic mass is 10.2. The van der Waals surface area contributed by atoms with Crippen LogP contribution in [-0.4, -0.2) is 53.7 Å². The van der Waals surface area contributed by atoms with Gasteiger partial charge in [0.2, 0.25) is 0 Å². The lowest BCUT2D eigenvalue weighted by Gasteiger charge is -2.35. The Morgan fingerprint density at radius 1 is 1.39 bits per heavy atom. The van der Waals surface area contributed by atoms with E-state index in [-0.39, 0.29) is 6.42 Å². The predicted octanol–water partition coefficient (Wildman–Crippen LogP) is 0.987. The number of hydrogen-bond donors (Lipinski definition) is 1. The van der Waals surface area contributed by atoms with E-state index in [2.05, 4.69) is 27.8 Å². The zero-order valence-corrected chi connectivity index (χ0v) is 10.7. The average molecular weight is 249 g/mol. The molecule has 1 aliphatic heterocycles. The SMILES string of the molecule is Cc1cccnc1N1CCN(CCC(=O)O)CC1. The van der Waals surface area contributed by atoms with E-state index < -0.39 is 5.97 Å². The van der Waals surface area contributed by atoms with Gasteiger partial charge in [0.05, 0.1) is 6.42 Å². The van der Waals surface area contributed by atoms with Gasteiger partial charge in [0.1, 0.15) is 5.82 Å². The molecule has 18 heavy (non-hydrogen) atoms. The molecule has 0 saturated carbocycles. The Hall–Kier alpha value is -1.62. The third kappa shape index (κ3) is 3.20. The molecule has 0 bridgehead atoms. The van der Waals surface area contributed by atoms with Gasteiger partial charge in [-0.05, 0) is 18.6 Å². The van der Waals surface area contributed by atoms with Crippen molar-refractivity contribution in [2.75, 3.05) is 37.6 Å². The van der Waals surface area contributed by atoms with Crippen LogP contribution in [-0.2, 0) is 4.79 Å². The fraction of sp³-hybridized carbons (Fsp3) is 0.538. The highest BCUT2D eigenvalue weighted by atomic mass is 16.4. The maximum absolute atomic E-state index is 10.5. The first-order valence-corrected chi connectivity index (χ1v) is 6.27. The Bertz CT molecular complexity index is 414. The second kappa shape index (κ2) is 5.82. The van der Waals surface area contributed by atoms with Crippen LogP contribution in [0.4, 0.5) is 5.82 Å². The van der Waals surface area contributed by atoms with Crippen molar-refractivity contribution >= 4 is 11.8 Å². The number of anilines is 1. The topological polar surface area (TPSA) is 56.7 Å². The van der Waals surface area contributed by atoms with Crippen LogP contribution < -0.4 is 4.90 Å². The number of nitrogens with zero attached hydrogens (tertiary/aromatic N) is 3. The molecule has 5 nitrogen and oxygen atoms in total. The number of carboxylic acids is 1. The highest BCUT2D eigenvalue weighted by Crippen LogP contribution is 2.17. The normalized spacial score (nSPS) is 16.8. The van der Waals surface area contributed by atoms with Crippen molar-refractivity contribution in [2.24, 2.45) is 0 Å². The number of pyridine rings is 1. The molecule has 1 saturated heterocycles. The van der Waals surface area contributed by atoms with Crippen molar-refractivity contribution in [3.05, 3.63) is 23.9 Å². The number of aliphatic carboxylic acids is 1. The predicted molar refractivity (Wildman–Crippen MR) is 69.9 cm³/mol. The number of carboxylic acid groups (broad SMARTS) is 1. The molecular weight excluding hydrogens is 230 g/mol. The number of piperazine rings is 1. The molecule has 1 N–H and O–H groups in total. The van der Waals surface area contributed by atoms with Crippen molar-refractivity contribution < 1.29 is 9.90 Å². The number of rotatable bonds is 4. The van der Waals surface area contributed by atoms with Crippen LogP contribution in [0.5, 0.6) is 0 Å². The minimum Gasteiger partial charge on any atom is -0.481 e. The molecule has 1 fully saturated rings. The fourth-order valence-corrected chi connectivity index (χ4v) is 2.25. The lowest BCUT2D eigenvalue weighted by Crippen LogP contribution is -2.47. The molecular formula is C13H19N3O2. The van der Waals surface area contributed by atoms with Gasteiger partial charge in [0.25, 0.3) is 0 Å². The second-order valence-corrected chi connectivity index (χ2v) is 4.62. The van der Waals surface area contributed by atoms with E-state index in [1.54, 1.807) is 0 Å². The maximum Gasteiger partial charge on any atom is 0.304 e. The number of aryl methyl sites for hydroxylation is 1. The number of carbonyl (C=O) groups is 1. The standard InChI is InChI=1S/C13H19N3O2/c1-11-3-2-5-14-13(11)16-9-7-15(8-10-16)6-4-12(17)18/h2-3,5H,4,6-10H2,1H3,(H,17,18). The summed E-state index contributed by atoms with van der Waals surface area (Å²) in [6.45, 7) is 6.35. The molecule has 0 spiro atoms. The molecule has 0 radical (unpaired) electrons.